The highest BCUT2D eigenvalue weighted by molar-refractivity contribution is 7.15. The largest absolute Gasteiger partial charge is 0.359 e. The number of aryl methyl sites for hydroxylation is 1. The van der Waals surface area contributed by atoms with Gasteiger partial charge in [-0.2, -0.15) is 0 Å². The van der Waals surface area contributed by atoms with Crippen LogP contribution in [0.15, 0.2) is 18.5 Å². The van der Waals surface area contributed by atoms with Crippen LogP contribution in [0.1, 0.15) is 10.6 Å². The van der Waals surface area contributed by atoms with Gasteiger partial charge in [0.2, 0.25) is 11.9 Å². The number of nitrogens with one attached hydrogen (secondary N) is 2. The number of carbonyl (C=O) groups is 1. The first kappa shape index (κ1) is 12.4. The summed E-state index contributed by atoms with van der Waals surface area (Å²) in [6.45, 7) is 1.88. The minimum Gasteiger partial charge on any atom is -0.359 e. The summed E-state index contributed by atoms with van der Waals surface area (Å²) in [6, 6.07) is 1.75. The molecule has 0 aliphatic rings. The van der Waals surface area contributed by atoms with E-state index in [9.17, 15) is 4.79 Å². The molecule has 0 fully saturated rings. The molecule has 0 unspecified atom stereocenters. The summed E-state index contributed by atoms with van der Waals surface area (Å²) in [7, 11) is 1.62. The van der Waals surface area contributed by atoms with Crippen LogP contribution in [0.3, 0.4) is 0 Å². The van der Waals surface area contributed by atoms with Crippen LogP contribution in [-0.4, -0.2) is 27.9 Å². The van der Waals surface area contributed by atoms with Gasteiger partial charge in [0.15, 0.2) is 5.13 Å². The number of nitrogens with zero attached hydrogens (tertiary/aromatic N) is 3. The van der Waals surface area contributed by atoms with Gasteiger partial charge in [-0.05, 0) is 13.0 Å². The van der Waals surface area contributed by atoms with Crippen molar-refractivity contribution < 1.29 is 4.79 Å². The first-order valence-electron chi connectivity index (χ1n) is 5.40. The van der Waals surface area contributed by atoms with Gasteiger partial charge in [-0.1, -0.05) is 0 Å². The molecule has 0 bridgehead atoms. The Morgan fingerprint density at radius 2 is 2.11 bits per heavy atom. The molecule has 0 saturated heterocycles. The van der Waals surface area contributed by atoms with E-state index in [2.05, 4.69) is 25.6 Å². The van der Waals surface area contributed by atoms with Gasteiger partial charge in [0.1, 0.15) is 0 Å². The zero-order chi connectivity index (χ0) is 13.0. The van der Waals surface area contributed by atoms with E-state index in [1.165, 1.54) is 11.3 Å². The van der Waals surface area contributed by atoms with E-state index in [1.54, 1.807) is 25.5 Å². The summed E-state index contributed by atoms with van der Waals surface area (Å²) in [6.07, 6.45) is 3.65. The van der Waals surface area contributed by atoms with Crippen LogP contribution in [0.25, 0.3) is 0 Å². The van der Waals surface area contributed by atoms with E-state index >= 15 is 0 Å². The van der Waals surface area contributed by atoms with Gasteiger partial charge in [0.25, 0.3) is 0 Å². The molecule has 0 radical (unpaired) electrons. The van der Waals surface area contributed by atoms with Gasteiger partial charge in [-0.25, -0.2) is 15.0 Å². The lowest BCUT2D eigenvalue weighted by atomic mass is 10.3. The maximum atomic E-state index is 11.3. The SMILES string of the molecule is CNC(=O)Cc1sc(Nc2ncccn2)nc1C. The van der Waals surface area contributed by atoms with Crippen molar-refractivity contribution in [3.63, 3.8) is 0 Å². The molecule has 2 N–H and O–H groups in total. The Labute approximate surface area is 109 Å². The van der Waals surface area contributed by atoms with Crippen molar-refractivity contribution in [2.75, 3.05) is 12.4 Å². The van der Waals surface area contributed by atoms with Crippen LogP contribution in [-0.2, 0) is 11.2 Å². The third-order valence-corrected chi connectivity index (χ3v) is 3.35. The van der Waals surface area contributed by atoms with E-state index < -0.39 is 0 Å². The molecular formula is C11H13N5OS. The predicted molar refractivity (Wildman–Crippen MR) is 69.9 cm³/mol. The Morgan fingerprint density at radius 1 is 1.39 bits per heavy atom. The number of likely N-dealkylation sites (N-methyl/N-ethyl adjacent to an activating group) is 1. The second-order valence-corrected chi connectivity index (χ2v) is 4.66. The van der Waals surface area contributed by atoms with Gasteiger partial charge in [0, 0.05) is 24.3 Å². The highest BCUT2D eigenvalue weighted by Crippen LogP contribution is 2.24. The molecular weight excluding hydrogens is 250 g/mol. The third-order valence-electron chi connectivity index (χ3n) is 2.28. The fraction of sp³-hybridized carbons (Fsp3) is 0.273. The van der Waals surface area contributed by atoms with Crippen molar-refractivity contribution in [3.8, 4) is 0 Å². The quantitative estimate of drug-likeness (QED) is 0.868. The molecule has 0 aliphatic heterocycles. The molecule has 2 aromatic rings. The average molecular weight is 263 g/mol. The molecule has 0 aromatic carbocycles. The van der Waals surface area contributed by atoms with Crippen molar-refractivity contribution in [1.29, 1.82) is 0 Å². The number of rotatable bonds is 4. The van der Waals surface area contributed by atoms with E-state index in [0.29, 0.717) is 17.5 Å². The Kier molecular flexibility index (Phi) is 3.83. The molecule has 2 heterocycles. The zero-order valence-electron chi connectivity index (χ0n) is 10.1. The number of thiazole rings is 1. The van der Waals surface area contributed by atoms with Crippen LogP contribution in [0.5, 0.6) is 0 Å². The molecule has 0 aliphatic carbocycles. The highest BCUT2D eigenvalue weighted by atomic mass is 32.1. The molecule has 2 aromatic heterocycles. The van der Waals surface area contributed by atoms with Gasteiger partial charge in [-0.3, -0.25) is 4.79 Å². The second-order valence-electron chi connectivity index (χ2n) is 3.57. The van der Waals surface area contributed by atoms with Gasteiger partial charge >= 0.3 is 0 Å². The molecule has 94 valence electrons. The minimum atomic E-state index is -0.0238. The monoisotopic (exact) mass is 263 g/mol. The van der Waals surface area contributed by atoms with Crippen molar-refractivity contribution in [2.45, 2.75) is 13.3 Å². The molecule has 7 heteroatoms. The Bertz CT molecular complexity index is 540. The fourth-order valence-corrected chi connectivity index (χ4v) is 2.29. The lowest BCUT2D eigenvalue weighted by Gasteiger charge is -1.98. The maximum absolute atomic E-state index is 11.3. The minimum absolute atomic E-state index is 0.0238. The molecule has 2 rings (SSSR count). The highest BCUT2D eigenvalue weighted by Gasteiger charge is 2.11. The maximum Gasteiger partial charge on any atom is 0.228 e. The topological polar surface area (TPSA) is 79.8 Å². The second kappa shape index (κ2) is 5.54. The van der Waals surface area contributed by atoms with Crippen LogP contribution in [0.2, 0.25) is 0 Å². The van der Waals surface area contributed by atoms with E-state index in [4.69, 9.17) is 0 Å². The molecule has 0 saturated carbocycles. The van der Waals surface area contributed by atoms with E-state index in [1.807, 2.05) is 6.92 Å². The summed E-state index contributed by atoms with van der Waals surface area (Å²) < 4.78 is 0. The fourth-order valence-electron chi connectivity index (χ4n) is 1.34. The van der Waals surface area contributed by atoms with Gasteiger partial charge in [-0.15, -0.1) is 11.3 Å². The van der Waals surface area contributed by atoms with Crippen molar-refractivity contribution in [1.82, 2.24) is 20.3 Å². The molecule has 1 amide bonds. The van der Waals surface area contributed by atoms with Crippen molar-refractivity contribution in [3.05, 3.63) is 29.0 Å². The number of hydrogen-bond donors (Lipinski definition) is 2. The van der Waals surface area contributed by atoms with Gasteiger partial charge < -0.3 is 10.6 Å². The smallest absolute Gasteiger partial charge is 0.228 e. The summed E-state index contributed by atoms with van der Waals surface area (Å²) in [5, 5.41) is 6.30. The summed E-state index contributed by atoms with van der Waals surface area (Å²) >= 11 is 1.43. The standard InChI is InChI=1S/C11H13N5OS/c1-7-8(6-9(17)12-2)18-11(15-7)16-10-13-4-3-5-14-10/h3-5H,6H2,1-2H3,(H,12,17)(H,13,14,15,16). The summed E-state index contributed by atoms with van der Waals surface area (Å²) in [5.41, 5.74) is 0.849. The number of aromatic nitrogens is 3. The van der Waals surface area contributed by atoms with E-state index in [-0.39, 0.29) is 5.91 Å². The average Bonchev–Trinajstić information content (AvgIpc) is 2.70. The lowest BCUT2D eigenvalue weighted by Crippen LogP contribution is -2.19. The Morgan fingerprint density at radius 3 is 2.78 bits per heavy atom. The molecule has 18 heavy (non-hydrogen) atoms. The van der Waals surface area contributed by atoms with Crippen LogP contribution in [0.4, 0.5) is 11.1 Å². The summed E-state index contributed by atoms with van der Waals surface area (Å²) in [4.78, 5) is 24.7. The summed E-state index contributed by atoms with van der Waals surface area (Å²) in [5.74, 6) is 0.474. The first-order valence-corrected chi connectivity index (χ1v) is 6.21. The van der Waals surface area contributed by atoms with Crippen molar-refractivity contribution in [2.24, 2.45) is 0 Å². The van der Waals surface area contributed by atoms with E-state index in [0.717, 1.165) is 10.6 Å². The van der Waals surface area contributed by atoms with Crippen LogP contribution in [0, 0.1) is 6.92 Å². The van der Waals surface area contributed by atoms with Crippen molar-refractivity contribution >= 4 is 28.3 Å². The Hall–Kier alpha value is -2.02. The normalized spacial score (nSPS) is 10.1. The third kappa shape index (κ3) is 3.01. The predicted octanol–water partition coefficient (Wildman–Crippen LogP) is 1.27. The first-order chi connectivity index (χ1) is 8.69. The molecule has 0 atom stereocenters. The number of anilines is 2. The zero-order valence-corrected chi connectivity index (χ0v) is 10.9. The molecule has 0 spiro atoms. The van der Waals surface area contributed by atoms with Gasteiger partial charge in [0.05, 0.1) is 12.1 Å². The Balaban J connectivity index is 2.11. The molecule has 6 nitrogen and oxygen atoms in total. The van der Waals surface area contributed by atoms with Crippen LogP contribution < -0.4 is 10.6 Å². The number of hydrogen-bond acceptors (Lipinski definition) is 6. The lowest BCUT2D eigenvalue weighted by molar-refractivity contribution is -0.119. The van der Waals surface area contributed by atoms with Crippen LogP contribution >= 0.6 is 11.3 Å². The number of amides is 1. The number of carbonyl (C=O) groups excluding carboxylic acids is 1.